The monoisotopic (exact) mass is 345 g/mol. The third-order valence-electron chi connectivity index (χ3n) is 4.75. The standard InChI is InChI=1S/C20H21F2NO2/c1-13-3-8-17(21)18(19(13)22)20(24)23-10-9-15(12-23)11-14-4-6-16(25-2)7-5-14/h3-8,15H,9-12H2,1-2H3. The zero-order valence-corrected chi connectivity index (χ0v) is 14.4. The lowest BCUT2D eigenvalue weighted by molar-refractivity contribution is 0.0777. The minimum atomic E-state index is -0.799. The van der Waals surface area contributed by atoms with E-state index in [1.807, 2.05) is 24.3 Å². The Kier molecular flexibility index (Phi) is 5.02. The Morgan fingerprint density at radius 3 is 2.60 bits per heavy atom. The van der Waals surface area contributed by atoms with Gasteiger partial charge in [-0.2, -0.15) is 0 Å². The molecule has 5 heteroatoms. The van der Waals surface area contributed by atoms with Crippen LogP contribution in [0.1, 0.15) is 27.9 Å². The quantitative estimate of drug-likeness (QED) is 0.839. The summed E-state index contributed by atoms with van der Waals surface area (Å²) in [4.78, 5) is 14.1. The van der Waals surface area contributed by atoms with Crippen molar-refractivity contribution in [3.05, 3.63) is 64.7 Å². The largest absolute Gasteiger partial charge is 0.497 e. The topological polar surface area (TPSA) is 29.5 Å². The summed E-state index contributed by atoms with van der Waals surface area (Å²) in [6.07, 6.45) is 1.65. The number of carbonyl (C=O) groups excluding carboxylic acids is 1. The Morgan fingerprint density at radius 2 is 1.92 bits per heavy atom. The zero-order chi connectivity index (χ0) is 18.0. The second-order valence-electron chi connectivity index (χ2n) is 6.51. The fraction of sp³-hybridized carbons (Fsp3) is 0.350. The molecule has 1 aliphatic heterocycles. The van der Waals surface area contributed by atoms with Gasteiger partial charge in [0.25, 0.3) is 5.91 Å². The van der Waals surface area contributed by atoms with Crippen molar-refractivity contribution >= 4 is 5.91 Å². The summed E-state index contributed by atoms with van der Waals surface area (Å²) in [6, 6.07) is 10.3. The number of aryl methyl sites for hydroxylation is 1. The number of amides is 1. The summed E-state index contributed by atoms with van der Waals surface area (Å²) >= 11 is 0. The molecule has 0 aliphatic carbocycles. The lowest BCUT2D eigenvalue weighted by atomic mass is 9.99. The average molecular weight is 345 g/mol. The highest BCUT2D eigenvalue weighted by Crippen LogP contribution is 2.25. The maximum absolute atomic E-state index is 14.2. The van der Waals surface area contributed by atoms with Crippen molar-refractivity contribution in [3.8, 4) is 5.75 Å². The van der Waals surface area contributed by atoms with Gasteiger partial charge < -0.3 is 9.64 Å². The SMILES string of the molecule is COc1ccc(CC2CCN(C(=O)c3c(F)ccc(C)c3F)C2)cc1. The van der Waals surface area contributed by atoms with E-state index in [0.717, 1.165) is 30.2 Å². The summed E-state index contributed by atoms with van der Waals surface area (Å²) in [7, 11) is 1.62. The maximum atomic E-state index is 14.2. The number of halogens is 2. The van der Waals surface area contributed by atoms with Gasteiger partial charge in [0.15, 0.2) is 0 Å². The smallest absolute Gasteiger partial charge is 0.259 e. The Balaban J connectivity index is 1.68. The Bertz CT molecular complexity index is 774. The fourth-order valence-electron chi connectivity index (χ4n) is 3.29. The lowest BCUT2D eigenvalue weighted by Crippen LogP contribution is -2.30. The fourth-order valence-corrected chi connectivity index (χ4v) is 3.29. The summed E-state index contributed by atoms with van der Waals surface area (Å²) in [5.41, 5.74) is 0.997. The van der Waals surface area contributed by atoms with Crippen molar-refractivity contribution in [2.75, 3.05) is 20.2 Å². The average Bonchev–Trinajstić information content (AvgIpc) is 3.07. The van der Waals surface area contributed by atoms with Gasteiger partial charge in [-0.15, -0.1) is 0 Å². The molecule has 1 atom stereocenters. The van der Waals surface area contributed by atoms with Crippen molar-refractivity contribution in [1.82, 2.24) is 4.90 Å². The van der Waals surface area contributed by atoms with E-state index in [-0.39, 0.29) is 11.5 Å². The molecule has 0 bridgehead atoms. The van der Waals surface area contributed by atoms with Gasteiger partial charge in [-0.3, -0.25) is 4.79 Å². The summed E-state index contributed by atoms with van der Waals surface area (Å²) in [5, 5.41) is 0. The Hall–Kier alpha value is -2.43. The third kappa shape index (κ3) is 3.65. The van der Waals surface area contributed by atoms with Gasteiger partial charge in [0.2, 0.25) is 0 Å². The van der Waals surface area contributed by atoms with Gasteiger partial charge in [-0.25, -0.2) is 8.78 Å². The van der Waals surface area contributed by atoms with Crippen LogP contribution in [0.25, 0.3) is 0 Å². The highest BCUT2D eigenvalue weighted by molar-refractivity contribution is 5.95. The van der Waals surface area contributed by atoms with Gasteiger partial charge in [0.1, 0.15) is 22.9 Å². The number of benzene rings is 2. The van der Waals surface area contributed by atoms with E-state index < -0.39 is 23.1 Å². The van der Waals surface area contributed by atoms with Gasteiger partial charge in [-0.1, -0.05) is 18.2 Å². The molecular formula is C20H21F2NO2. The highest BCUT2D eigenvalue weighted by Gasteiger charge is 2.30. The molecule has 1 aliphatic rings. The van der Waals surface area contributed by atoms with E-state index in [0.29, 0.717) is 13.1 Å². The number of hydrogen-bond acceptors (Lipinski definition) is 2. The molecule has 25 heavy (non-hydrogen) atoms. The second-order valence-corrected chi connectivity index (χ2v) is 6.51. The number of rotatable bonds is 4. The molecule has 1 amide bonds. The molecule has 3 rings (SSSR count). The molecule has 0 aromatic heterocycles. The van der Waals surface area contributed by atoms with Crippen molar-refractivity contribution in [1.29, 1.82) is 0 Å². The van der Waals surface area contributed by atoms with Crippen LogP contribution in [0.2, 0.25) is 0 Å². The molecule has 2 aromatic rings. The third-order valence-corrected chi connectivity index (χ3v) is 4.75. The molecule has 0 N–H and O–H groups in total. The van der Waals surface area contributed by atoms with E-state index in [1.165, 1.54) is 13.0 Å². The maximum Gasteiger partial charge on any atom is 0.259 e. The van der Waals surface area contributed by atoms with Crippen LogP contribution >= 0.6 is 0 Å². The van der Waals surface area contributed by atoms with Crippen LogP contribution in [-0.4, -0.2) is 31.0 Å². The molecule has 0 radical (unpaired) electrons. The van der Waals surface area contributed by atoms with E-state index in [1.54, 1.807) is 12.0 Å². The van der Waals surface area contributed by atoms with E-state index in [9.17, 15) is 13.6 Å². The normalized spacial score (nSPS) is 17.0. The molecule has 2 aromatic carbocycles. The predicted molar refractivity (Wildman–Crippen MR) is 91.8 cm³/mol. The van der Waals surface area contributed by atoms with Crippen LogP contribution in [0.4, 0.5) is 8.78 Å². The first-order chi connectivity index (χ1) is 12.0. The Labute approximate surface area is 146 Å². The van der Waals surface area contributed by atoms with Gasteiger partial charge in [0.05, 0.1) is 7.11 Å². The number of methoxy groups -OCH3 is 1. The minimum Gasteiger partial charge on any atom is -0.497 e. The summed E-state index contributed by atoms with van der Waals surface area (Å²) in [6.45, 7) is 2.56. The number of likely N-dealkylation sites (tertiary alicyclic amines) is 1. The first-order valence-electron chi connectivity index (χ1n) is 8.36. The van der Waals surface area contributed by atoms with E-state index in [2.05, 4.69) is 0 Å². The molecule has 3 nitrogen and oxygen atoms in total. The van der Waals surface area contributed by atoms with E-state index >= 15 is 0 Å². The predicted octanol–water partition coefficient (Wildman–Crippen LogP) is 3.99. The van der Waals surface area contributed by atoms with Crippen LogP contribution in [0.3, 0.4) is 0 Å². The molecule has 132 valence electrons. The molecule has 0 spiro atoms. The van der Waals surface area contributed by atoms with Crippen LogP contribution in [0.15, 0.2) is 36.4 Å². The molecule has 0 saturated carbocycles. The number of carbonyl (C=O) groups is 1. The molecule has 1 heterocycles. The Morgan fingerprint density at radius 1 is 1.20 bits per heavy atom. The van der Waals surface area contributed by atoms with Gasteiger partial charge >= 0.3 is 0 Å². The minimum absolute atomic E-state index is 0.277. The first kappa shape index (κ1) is 17.4. The van der Waals surface area contributed by atoms with Crippen molar-refractivity contribution < 1.29 is 18.3 Å². The van der Waals surface area contributed by atoms with Crippen LogP contribution in [0, 0.1) is 24.5 Å². The van der Waals surface area contributed by atoms with Crippen molar-refractivity contribution in [3.63, 3.8) is 0 Å². The molecular weight excluding hydrogens is 324 g/mol. The molecule has 1 unspecified atom stereocenters. The molecule has 1 fully saturated rings. The van der Waals surface area contributed by atoms with Crippen molar-refractivity contribution in [2.45, 2.75) is 19.8 Å². The summed E-state index contributed by atoms with van der Waals surface area (Å²) < 4.78 is 33.3. The summed E-state index contributed by atoms with van der Waals surface area (Å²) in [5.74, 6) is -1.03. The first-order valence-corrected chi connectivity index (χ1v) is 8.36. The lowest BCUT2D eigenvalue weighted by Gasteiger charge is -2.18. The van der Waals surface area contributed by atoms with Gasteiger partial charge in [-0.05, 0) is 55.0 Å². The number of hydrogen-bond donors (Lipinski definition) is 0. The number of ether oxygens (including phenoxy) is 1. The van der Waals surface area contributed by atoms with Gasteiger partial charge in [0, 0.05) is 13.1 Å². The second kappa shape index (κ2) is 7.21. The zero-order valence-electron chi connectivity index (χ0n) is 14.4. The van der Waals surface area contributed by atoms with Crippen LogP contribution in [0.5, 0.6) is 5.75 Å². The van der Waals surface area contributed by atoms with Crippen molar-refractivity contribution in [2.24, 2.45) is 5.92 Å². The highest BCUT2D eigenvalue weighted by atomic mass is 19.1. The van der Waals surface area contributed by atoms with E-state index in [4.69, 9.17) is 4.74 Å². The van der Waals surface area contributed by atoms with Crippen LogP contribution in [-0.2, 0) is 6.42 Å². The molecule has 1 saturated heterocycles. The van der Waals surface area contributed by atoms with Crippen LogP contribution < -0.4 is 4.74 Å². The number of nitrogens with zero attached hydrogens (tertiary/aromatic N) is 1.